The van der Waals surface area contributed by atoms with E-state index in [1.165, 1.54) is 6.20 Å². The Morgan fingerprint density at radius 1 is 1.43 bits per heavy atom. The molecule has 0 bridgehead atoms. The predicted molar refractivity (Wildman–Crippen MR) is 81.6 cm³/mol. The fraction of sp³-hybridized carbons (Fsp3) is 0.400. The van der Waals surface area contributed by atoms with E-state index in [1.54, 1.807) is 15.8 Å². The number of anilines is 1. The smallest absolute Gasteiger partial charge is 0.274 e. The Morgan fingerprint density at radius 3 is 2.76 bits per heavy atom. The number of hydrogen-bond acceptors (Lipinski definition) is 4. The van der Waals surface area contributed by atoms with Gasteiger partial charge in [0.15, 0.2) is 0 Å². The van der Waals surface area contributed by atoms with Gasteiger partial charge in [0, 0.05) is 18.8 Å². The molecule has 0 saturated heterocycles. The van der Waals surface area contributed by atoms with Crippen LogP contribution in [0.2, 0.25) is 0 Å². The molecule has 0 saturated carbocycles. The van der Waals surface area contributed by atoms with Gasteiger partial charge in [0.2, 0.25) is 0 Å². The third-order valence-electron chi connectivity index (χ3n) is 3.31. The van der Waals surface area contributed by atoms with Gasteiger partial charge in [-0.05, 0) is 32.9 Å². The maximum atomic E-state index is 12.8. The van der Waals surface area contributed by atoms with Crippen LogP contribution in [0.3, 0.4) is 0 Å². The van der Waals surface area contributed by atoms with Crippen molar-refractivity contribution in [3.05, 3.63) is 42.0 Å². The Labute approximate surface area is 124 Å². The van der Waals surface area contributed by atoms with E-state index in [-0.39, 0.29) is 11.9 Å². The molecule has 2 heterocycles. The summed E-state index contributed by atoms with van der Waals surface area (Å²) in [5.74, 6) is -0.118. The lowest BCUT2D eigenvalue weighted by atomic mass is 10.2. The summed E-state index contributed by atoms with van der Waals surface area (Å²) in [7, 11) is 0. The van der Waals surface area contributed by atoms with Gasteiger partial charge >= 0.3 is 0 Å². The second-order valence-corrected chi connectivity index (χ2v) is 5.11. The van der Waals surface area contributed by atoms with Crippen LogP contribution in [0.1, 0.15) is 37.0 Å². The monoisotopic (exact) mass is 287 g/mol. The van der Waals surface area contributed by atoms with Crippen molar-refractivity contribution < 1.29 is 4.79 Å². The van der Waals surface area contributed by atoms with Crippen LogP contribution in [0.4, 0.5) is 5.69 Å². The topological polar surface area (TPSA) is 77.0 Å². The summed E-state index contributed by atoms with van der Waals surface area (Å²) >= 11 is 0. The first-order valence-corrected chi connectivity index (χ1v) is 7.06. The summed E-state index contributed by atoms with van der Waals surface area (Å²) in [5.41, 5.74) is 7.61. The Hall–Kier alpha value is -2.37. The van der Waals surface area contributed by atoms with Gasteiger partial charge in [0.1, 0.15) is 5.69 Å². The molecule has 0 fully saturated rings. The molecule has 0 aliphatic rings. The molecule has 0 atom stereocenters. The third kappa shape index (κ3) is 3.21. The Bertz CT molecular complexity index is 606. The van der Waals surface area contributed by atoms with E-state index in [2.05, 4.69) is 10.1 Å². The van der Waals surface area contributed by atoms with Crippen LogP contribution < -0.4 is 5.73 Å². The molecule has 0 aliphatic heterocycles. The number of carbonyl (C=O) groups excluding carboxylic acids is 1. The van der Waals surface area contributed by atoms with E-state index < -0.39 is 0 Å². The van der Waals surface area contributed by atoms with E-state index in [1.807, 2.05) is 39.0 Å². The van der Waals surface area contributed by atoms with Crippen molar-refractivity contribution in [2.45, 2.75) is 39.9 Å². The molecule has 0 aliphatic carbocycles. The normalized spacial score (nSPS) is 10.9. The van der Waals surface area contributed by atoms with Crippen LogP contribution in [-0.4, -0.2) is 31.6 Å². The SMILES string of the molecule is CCn1ncc(N)c1C(=O)N(Cc1ccccn1)C(C)C. The van der Waals surface area contributed by atoms with E-state index in [0.29, 0.717) is 24.5 Å². The number of carbonyl (C=O) groups is 1. The highest BCUT2D eigenvalue weighted by molar-refractivity contribution is 5.97. The zero-order chi connectivity index (χ0) is 15.4. The van der Waals surface area contributed by atoms with E-state index >= 15 is 0 Å². The number of hydrogen-bond donors (Lipinski definition) is 1. The van der Waals surface area contributed by atoms with Gasteiger partial charge in [0.05, 0.1) is 24.1 Å². The highest BCUT2D eigenvalue weighted by Crippen LogP contribution is 2.17. The second-order valence-electron chi connectivity index (χ2n) is 5.11. The largest absolute Gasteiger partial charge is 0.396 e. The molecule has 0 aromatic carbocycles. The molecule has 2 aromatic heterocycles. The van der Waals surface area contributed by atoms with Crippen LogP contribution >= 0.6 is 0 Å². The summed E-state index contributed by atoms with van der Waals surface area (Å²) in [5, 5.41) is 4.13. The Kier molecular flexibility index (Phi) is 4.57. The molecular formula is C15H21N5O. The van der Waals surface area contributed by atoms with Crippen LogP contribution in [0, 0.1) is 0 Å². The van der Waals surface area contributed by atoms with Crippen LogP contribution in [0.15, 0.2) is 30.6 Å². The van der Waals surface area contributed by atoms with Gasteiger partial charge < -0.3 is 10.6 Å². The molecule has 112 valence electrons. The molecular weight excluding hydrogens is 266 g/mol. The predicted octanol–water partition coefficient (Wildman–Crippen LogP) is 1.93. The highest BCUT2D eigenvalue weighted by atomic mass is 16.2. The molecule has 2 N–H and O–H groups in total. The fourth-order valence-electron chi connectivity index (χ4n) is 2.16. The van der Waals surface area contributed by atoms with Gasteiger partial charge in [-0.3, -0.25) is 14.5 Å². The number of nitrogens with zero attached hydrogens (tertiary/aromatic N) is 4. The van der Waals surface area contributed by atoms with E-state index in [0.717, 1.165) is 5.69 Å². The zero-order valence-corrected chi connectivity index (χ0v) is 12.7. The van der Waals surface area contributed by atoms with Gasteiger partial charge in [0.25, 0.3) is 5.91 Å². The summed E-state index contributed by atoms with van der Waals surface area (Å²) in [6, 6.07) is 5.72. The van der Waals surface area contributed by atoms with E-state index in [9.17, 15) is 4.79 Å². The van der Waals surface area contributed by atoms with Crippen molar-refractivity contribution in [1.82, 2.24) is 19.7 Å². The highest BCUT2D eigenvalue weighted by Gasteiger charge is 2.25. The summed E-state index contributed by atoms with van der Waals surface area (Å²) < 4.78 is 1.63. The third-order valence-corrected chi connectivity index (χ3v) is 3.31. The first kappa shape index (κ1) is 15.0. The van der Waals surface area contributed by atoms with Crippen molar-refractivity contribution in [3.63, 3.8) is 0 Å². The van der Waals surface area contributed by atoms with Crippen molar-refractivity contribution in [1.29, 1.82) is 0 Å². The molecule has 2 rings (SSSR count). The number of nitrogen functional groups attached to an aromatic ring is 1. The quantitative estimate of drug-likeness (QED) is 0.911. The first-order chi connectivity index (χ1) is 10.0. The van der Waals surface area contributed by atoms with Crippen LogP contribution in [0.5, 0.6) is 0 Å². The van der Waals surface area contributed by atoms with Gasteiger partial charge in [-0.25, -0.2) is 0 Å². The Balaban J connectivity index is 2.30. The molecule has 2 aromatic rings. The molecule has 6 nitrogen and oxygen atoms in total. The lowest BCUT2D eigenvalue weighted by Crippen LogP contribution is -2.38. The fourth-order valence-corrected chi connectivity index (χ4v) is 2.16. The van der Waals surface area contributed by atoms with Crippen LogP contribution in [-0.2, 0) is 13.1 Å². The zero-order valence-electron chi connectivity index (χ0n) is 12.7. The number of amides is 1. The summed E-state index contributed by atoms with van der Waals surface area (Å²) in [6.07, 6.45) is 3.25. The van der Waals surface area contributed by atoms with Gasteiger partial charge in [-0.1, -0.05) is 6.07 Å². The molecule has 1 amide bonds. The first-order valence-electron chi connectivity index (χ1n) is 7.06. The number of pyridine rings is 1. The maximum Gasteiger partial charge on any atom is 0.274 e. The minimum Gasteiger partial charge on any atom is -0.396 e. The number of aryl methyl sites for hydroxylation is 1. The Morgan fingerprint density at radius 2 is 2.19 bits per heavy atom. The average Bonchev–Trinajstić information content (AvgIpc) is 2.86. The second kappa shape index (κ2) is 6.39. The number of nitrogens with two attached hydrogens (primary N) is 1. The molecule has 0 unspecified atom stereocenters. The van der Waals surface area contributed by atoms with Gasteiger partial charge in [-0.15, -0.1) is 0 Å². The minimum absolute atomic E-state index is 0.0408. The van der Waals surface area contributed by atoms with Crippen molar-refractivity contribution in [2.75, 3.05) is 5.73 Å². The number of rotatable bonds is 5. The summed E-state index contributed by atoms with van der Waals surface area (Å²) in [6.45, 7) is 6.94. The van der Waals surface area contributed by atoms with Crippen molar-refractivity contribution in [2.24, 2.45) is 0 Å². The maximum absolute atomic E-state index is 12.8. The molecule has 0 radical (unpaired) electrons. The minimum atomic E-state index is -0.118. The lowest BCUT2D eigenvalue weighted by Gasteiger charge is -2.26. The lowest BCUT2D eigenvalue weighted by molar-refractivity contribution is 0.0676. The van der Waals surface area contributed by atoms with Crippen molar-refractivity contribution in [3.8, 4) is 0 Å². The van der Waals surface area contributed by atoms with Crippen LogP contribution in [0.25, 0.3) is 0 Å². The number of aromatic nitrogens is 3. The standard InChI is InChI=1S/C15H21N5O/c1-4-20-14(13(16)9-18-20)15(21)19(11(2)3)10-12-7-5-6-8-17-12/h5-9,11H,4,10,16H2,1-3H3. The van der Waals surface area contributed by atoms with E-state index in [4.69, 9.17) is 5.73 Å². The molecule has 6 heteroatoms. The summed E-state index contributed by atoms with van der Waals surface area (Å²) in [4.78, 5) is 18.8. The van der Waals surface area contributed by atoms with Gasteiger partial charge in [-0.2, -0.15) is 5.10 Å². The van der Waals surface area contributed by atoms with Crippen molar-refractivity contribution >= 4 is 11.6 Å². The molecule has 21 heavy (non-hydrogen) atoms. The average molecular weight is 287 g/mol. The molecule has 0 spiro atoms.